The fourth-order valence-electron chi connectivity index (χ4n) is 1.99. The Morgan fingerprint density at radius 2 is 1.81 bits per heavy atom. The van der Waals surface area contributed by atoms with E-state index in [1.165, 1.54) is 11.1 Å². The number of nitrogens with two attached hydrogens (primary N) is 1. The van der Waals surface area contributed by atoms with Crippen molar-refractivity contribution in [2.75, 3.05) is 0 Å². The Morgan fingerprint density at radius 1 is 1.25 bits per heavy atom. The van der Waals surface area contributed by atoms with Gasteiger partial charge in [0.15, 0.2) is 0 Å². The molecule has 1 aromatic carbocycles. The smallest absolute Gasteiger partial charge is 0.0653 e. The molecule has 3 N–H and O–H groups in total. The van der Waals surface area contributed by atoms with Crippen molar-refractivity contribution >= 4 is 0 Å². The molecular weight excluding hydrogens is 198 g/mol. The SMILES string of the molecule is CC(N)Cc1ccc(CCC2(O)CC2)cc1. The third-order valence-corrected chi connectivity index (χ3v) is 3.29. The Labute approximate surface area is 97.5 Å². The Kier molecular flexibility index (Phi) is 3.31. The molecule has 1 atom stereocenters. The van der Waals surface area contributed by atoms with E-state index in [0.717, 1.165) is 32.1 Å². The maximum atomic E-state index is 9.75. The summed E-state index contributed by atoms with van der Waals surface area (Å²) < 4.78 is 0. The predicted octanol–water partition coefficient (Wildman–Crippen LogP) is 2.03. The molecule has 88 valence electrons. The maximum Gasteiger partial charge on any atom is 0.0653 e. The molecule has 0 spiro atoms. The van der Waals surface area contributed by atoms with Crippen molar-refractivity contribution in [1.29, 1.82) is 0 Å². The molecule has 1 unspecified atom stereocenters. The third kappa shape index (κ3) is 3.32. The minimum atomic E-state index is -0.329. The topological polar surface area (TPSA) is 46.2 Å². The van der Waals surface area contributed by atoms with E-state index in [9.17, 15) is 5.11 Å². The van der Waals surface area contributed by atoms with Gasteiger partial charge in [-0.3, -0.25) is 0 Å². The van der Waals surface area contributed by atoms with Crippen LogP contribution in [0.1, 0.15) is 37.3 Å². The third-order valence-electron chi connectivity index (χ3n) is 3.29. The Morgan fingerprint density at radius 3 is 2.31 bits per heavy atom. The summed E-state index contributed by atoms with van der Waals surface area (Å²) in [6.45, 7) is 2.02. The van der Waals surface area contributed by atoms with Gasteiger partial charge in [-0.1, -0.05) is 24.3 Å². The van der Waals surface area contributed by atoms with Crippen molar-refractivity contribution in [2.24, 2.45) is 5.73 Å². The van der Waals surface area contributed by atoms with Crippen LogP contribution in [0, 0.1) is 0 Å². The zero-order chi connectivity index (χ0) is 11.6. The van der Waals surface area contributed by atoms with E-state index in [1.54, 1.807) is 0 Å². The molecule has 2 rings (SSSR count). The van der Waals surface area contributed by atoms with Crippen molar-refractivity contribution in [3.63, 3.8) is 0 Å². The molecule has 2 nitrogen and oxygen atoms in total. The molecule has 1 aromatic rings. The second kappa shape index (κ2) is 4.56. The van der Waals surface area contributed by atoms with Crippen molar-refractivity contribution in [3.05, 3.63) is 35.4 Å². The summed E-state index contributed by atoms with van der Waals surface area (Å²) in [5, 5.41) is 9.75. The first kappa shape index (κ1) is 11.6. The molecule has 0 radical (unpaired) electrons. The molecule has 1 aliphatic rings. The summed E-state index contributed by atoms with van der Waals surface area (Å²) in [4.78, 5) is 0. The van der Waals surface area contributed by atoms with Gasteiger partial charge in [-0.25, -0.2) is 0 Å². The van der Waals surface area contributed by atoms with Gasteiger partial charge in [0.2, 0.25) is 0 Å². The van der Waals surface area contributed by atoms with Crippen LogP contribution in [0.15, 0.2) is 24.3 Å². The molecule has 0 saturated heterocycles. The van der Waals surface area contributed by atoms with Crippen LogP contribution in [0.2, 0.25) is 0 Å². The second-order valence-electron chi connectivity index (χ2n) is 5.22. The maximum absolute atomic E-state index is 9.75. The lowest BCUT2D eigenvalue weighted by Gasteiger charge is -2.09. The average molecular weight is 219 g/mol. The number of benzene rings is 1. The van der Waals surface area contributed by atoms with Crippen molar-refractivity contribution in [2.45, 2.75) is 50.7 Å². The van der Waals surface area contributed by atoms with Crippen LogP contribution in [0.5, 0.6) is 0 Å². The lowest BCUT2D eigenvalue weighted by atomic mass is 10.0. The van der Waals surface area contributed by atoms with Crippen molar-refractivity contribution in [3.8, 4) is 0 Å². The van der Waals surface area contributed by atoms with Crippen LogP contribution in [0.25, 0.3) is 0 Å². The zero-order valence-corrected chi connectivity index (χ0v) is 9.95. The fraction of sp³-hybridized carbons (Fsp3) is 0.571. The van der Waals surface area contributed by atoms with Crippen LogP contribution >= 0.6 is 0 Å². The normalized spacial score (nSPS) is 19.4. The molecule has 0 aromatic heterocycles. The monoisotopic (exact) mass is 219 g/mol. The van der Waals surface area contributed by atoms with Gasteiger partial charge in [-0.15, -0.1) is 0 Å². The zero-order valence-electron chi connectivity index (χ0n) is 9.95. The first-order chi connectivity index (χ1) is 7.57. The molecular formula is C14H21NO. The van der Waals surface area contributed by atoms with E-state index in [-0.39, 0.29) is 11.6 Å². The summed E-state index contributed by atoms with van der Waals surface area (Å²) in [7, 11) is 0. The van der Waals surface area contributed by atoms with Crippen LogP contribution < -0.4 is 5.73 Å². The summed E-state index contributed by atoms with van der Waals surface area (Å²) in [6, 6.07) is 8.83. The van der Waals surface area contributed by atoms with E-state index in [0.29, 0.717) is 0 Å². The second-order valence-corrected chi connectivity index (χ2v) is 5.22. The molecule has 16 heavy (non-hydrogen) atoms. The highest BCUT2D eigenvalue weighted by Gasteiger charge is 2.39. The molecule has 2 heteroatoms. The van der Waals surface area contributed by atoms with Gasteiger partial charge in [0.05, 0.1) is 5.60 Å². The number of aliphatic hydroxyl groups is 1. The van der Waals surface area contributed by atoms with E-state index >= 15 is 0 Å². The molecule has 1 aliphatic carbocycles. The molecule has 1 fully saturated rings. The van der Waals surface area contributed by atoms with E-state index < -0.39 is 0 Å². The van der Waals surface area contributed by atoms with Gasteiger partial charge in [0.25, 0.3) is 0 Å². The summed E-state index contributed by atoms with van der Waals surface area (Å²) in [5.41, 5.74) is 8.03. The Bertz CT molecular complexity index is 338. The van der Waals surface area contributed by atoms with Gasteiger partial charge >= 0.3 is 0 Å². The quantitative estimate of drug-likeness (QED) is 0.796. The number of hydrogen-bond donors (Lipinski definition) is 2. The number of hydrogen-bond acceptors (Lipinski definition) is 2. The van der Waals surface area contributed by atoms with E-state index in [1.807, 2.05) is 6.92 Å². The van der Waals surface area contributed by atoms with Crippen molar-refractivity contribution in [1.82, 2.24) is 0 Å². The summed E-state index contributed by atoms with van der Waals surface area (Å²) in [6.07, 6.45) is 4.78. The highest BCUT2D eigenvalue weighted by Crippen LogP contribution is 2.39. The van der Waals surface area contributed by atoms with Crippen LogP contribution in [-0.4, -0.2) is 16.7 Å². The number of aryl methyl sites for hydroxylation is 1. The highest BCUT2D eigenvalue weighted by molar-refractivity contribution is 5.23. The highest BCUT2D eigenvalue weighted by atomic mass is 16.3. The van der Waals surface area contributed by atoms with Gasteiger partial charge in [-0.2, -0.15) is 0 Å². The first-order valence-corrected chi connectivity index (χ1v) is 6.13. The minimum Gasteiger partial charge on any atom is -0.390 e. The van der Waals surface area contributed by atoms with Crippen LogP contribution in [-0.2, 0) is 12.8 Å². The van der Waals surface area contributed by atoms with Gasteiger partial charge < -0.3 is 10.8 Å². The lowest BCUT2D eigenvalue weighted by Crippen LogP contribution is -2.17. The average Bonchev–Trinajstić information content (AvgIpc) is 2.96. The largest absolute Gasteiger partial charge is 0.390 e. The first-order valence-electron chi connectivity index (χ1n) is 6.13. The van der Waals surface area contributed by atoms with Crippen LogP contribution in [0.3, 0.4) is 0 Å². The summed E-state index contributed by atoms with van der Waals surface area (Å²) >= 11 is 0. The standard InChI is InChI=1S/C14H21NO/c1-11(15)10-13-4-2-12(3-5-13)6-7-14(16)8-9-14/h2-5,11,16H,6-10,15H2,1H3. The number of rotatable bonds is 5. The predicted molar refractivity (Wildman–Crippen MR) is 66.3 cm³/mol. The van der Waals surface area contributed by atoms with Crippen molar-refractivity contribution < 1.29 is 5.11 Å². The Balaban J connectivity index is 1.86. The van der Waals surface area contributed by atoms with Gasteiger partial charge in [-0.05, 0) is 50.2 Å². The molecule has 1 saturated carbocycles. The molecule has 0 bridgehead atoms. The molecule has 0 aliphatic heterocycles. The fourth-order valence-corrected chi connectivity index (χ4v) is 1.99. The van der Waals surface area contributed by atoms with E-state index in [2.05, 4.69) is 24.3 Å². The van der Waals surface area contributed by atoms with Gasteiger partial charge in [0.1, 0.15) is 0 Å². The summed E-state index contributed by atoms with van der Waals surface area (Å²) in [5.74, 6) is 0. The van der Waals surface area contributed by atoms with E-state index in [4.69, 9.17) is 5.73 Å². The minimum absolute atomic E-state index is 0.220. The lowest BCUT2D eigenvalue weighted by molar-refractivity contribution is 0.140. The van der Waals surface area contributed by atoms with Crippen LogP contribution in [0.4, 0.5) is 0 Å². The molecule has 0 heterocycles. The van der Waals surface area contributed by atoms with Gasteiger partial charge in [0, 0.05) is 6.04 Å². The Hall–Kier alpha value is -0.860. The molecule has 0 amide bonds.